The predicted octanol–water partition coefficient (Wildman–Crippen LogP) is 4.33. The van der Waals surface area contributed by atoms with E-state index in [2.05, 4.69) is 10.6 Å². The molecule has 0 saturated carbocycles. The molecule has 2 heterocycles. The summed E-state index contributed by atoms with van der Waals surface area (Å²) in [4.78, 5) is 35.5. The molecule has 0 spiro atoms. The molecule has 10 heteroatoms. The molecule has 33 heavy (non-hydrogen) atoms. The summed E-state index contributed by atoms with van der Waals surface area (Å²) in [6.45, 7) is 6.52. The maximum absolute atomic E-state index is 12.1. The van der Waals surface area contributed by atoms with Gasteiger partial charge in [-0.15, -0.1) is 0 Å². The molecule has 3 rings (SSSR count). The Morgan fingerprint density at radius 1 is 1.09 bits per heavy atom. The van der Waals surface area contributed by atoms with Crippen LogP contribution in [0.5, 0.6) is 0 Å². The van der Waals surface area contributed by atoms with Crippen molar-refractivity contribution in [1.29, 1.82) is 0 Å². The molecule has 8 nitrogen and oxygen atoms in total. The maximum atomic E-state index is 12.1. The Labute approximate surface area is 204 Å². The van der Waals surface area contributed by atoms with E-state index in [1.165, 1.54) is 7.11 Å². The van der Waals surface area contributed by atoms with Crippen LogP contribution in [0, 0.1) is 0 Å². The van der Waals surface area contributed by atoms with Crippen LogP contribution >= 0.6 is 23.2 Å². The first-order valence-electron chi connectivity index (χ1n) is 11.0. The highest BCUT2D eigenvalue weighted by atomic mass is 35.5. The van der Waals surface area contributed by atoms with Crippen molar-refractivity contribution in [3.05, 3.63) is 39.6 Å². The number of methoxy groups -OCH3 is 1. The number of nitrogens with one attached hydrogen (secondary N) is 2. The molecule has 178 valence electrons. The third-order valence-electron chi connectivity index (χ3n) is 5.64. The highest BCUT2D eigenvalue weighted by Crippen LogP contribution is 2.33. The Morgan fingerprint density at radius 3 is 2.39 bits per heavy atom. The van der Waals surface area contributed by atoms with Crippen LogP contribution in [0.1, 0.15) is 38.6 Å². The van der Waals surface area contributed by atoms with Gasteiger partial charge in [-0.05, 0) is 31.0 Å². The summed E-state index contributed by atoms with van der Waals surface area (Å²) >= 11 is 12.5. The van der Waals surface area contributed by atoms with E-state index in [4.69, 9.17) is 37.9 Å². The number of ether oxygens (including phenoxy) is 1. The van der Waals surface area contributed by atoms with E-state index in [1.54, 1.807) is 24.0 Å². The van der Waals surface area contributed by atoms with Gasteiger partial charge in [0.1, 0.15) is 5.82 Å². The number of halogens is 2. The second kappa shape index (κ2) is 11.0. The SMILES string of the molecule is CCC(=O)NC1CN(C(=O)OC)CC1Nc1nc(CC)c(-c2ccc(Cl)cc2Cl)nc1CC. The number of nitrogens with zero attached hydrogens (tertiary/aromatic N) is 3. The van der Waals surface area contributed by atoms with Crippen molar-refractivity contribution in [2.24, 2.45) is 0 Å². The molecular formula is C23H29Cl2N5O3. The number of carbonyl (C=O) groups is 2. The second-order valence-corrected chi connectivity index (χ2v) is 8.64. The molecule has 2 N–H and O–H groups in total. The van der Waals surface area contributed by atoms with Crippen LogP contribution < -0.4 is 10.6 Å². The van der Waals surface area contributed by atoms with Gasteiger partial charge in [-0.3, -0.25) is 4.79 Å². The molecular weight excluding hydrogens is 465 g/mol. The zero-order valence-electron chi connectivity index (χ0n) is 19.2. The Kier molecular flexibility index (Phi) is 8.37. The van der Waals surface area contributed by atoms with Crippen LogP contribution in [0.2, 0.25) is 10.0 Å². The van der Waals surface area contributed by atoms with Crippen molar-refractivity contribution < 1.29 is 14.3 Å². The van der Waals surface area contributed by atoms with E-state index in [0.717, 1.165) is 22.6 Å². The average Bonchev–Trinajstić information content (AvgIpc) is 3.20. The van der Waals surface area contributed by atoms with Crippen molar-refractivity contribution in [3.8, 4) is 11.3 Å². The molecule has 1 aromatic heterocycles. The zero-order valence-corrected chi connectivity index (χ0v) is 20.8. The Morgan fingerprint density at radius 2 is 1.79 bits per heavy atom. The lowest BCUT2D eigenvalue weighted by Gasteiger charge is -2.23. The van der Waals surface area contributed by atoms with E-state index in [9.17, 15) is 9.59 Å². The quantitative estimate of drug-likeness (QED) is 0.595. The molecule has 1 fully saturated rings. The van der Waals surface area contributed by atoms with Crippen LogP contribution in [0.25, 0.3) is 11.3 Å². The van der Waals surface area contributed by atoms with Crippen LogP contribution in [0.3, 0.4) is 0 Å². The molecule has 2 aromatic rings. The van der Waals surface area contributed by atoms with Gasteiger partial charge in [-0.1, -0.05) is 44.0 Å². The maximum Gasteiger partial charge on any atom is 0.409 e. The summed E-state index contributed by atoms with van der Waals surface area (Å²) in [5, 5.41) is 7.50. The number of hydrogen-bond acceptors (Lipinski definition) is 6. The monoisotopic (exact) mass is 493 g/mol. The first-order chi connectivity index (χ1) is 15.8. The fourth-order valence-electron chi connectivity index (χ4n) is 3.87. The van der Waals surface area contributed by atoms with Gasteiger partial charge in [0.05, 0.1) is 41.3 Å². The summed E-state index contributed by atoms with van der Waals surface area (Å²) in [5.74, 6) is 0.554. The number of benzene rings is 1. The van der Waals surface area contributed by atoms with Crippen molar-refractivity contribution in [2.75, 3.05) is 25.5 Å². The van der Waals surface area contributed by atoms with Gasteiger partial charge in [0.25, 0.3) is 0 Å². The van der Waals surface area contributed by atoms with Crippen LogP contribution in [0.4, 0.5) is 10.6 Å². The van der Waals surface area contributed by atoms with Crippen LogP contribution in [-0.4, -0.2) is 59.2 Å². The molecule has 0 radical (unpaired) electrons. The lowest BCUT2D eigenvalue weighted by Crippen LogP contribution is -2.46. The van der Waals surface area contributed by atoms with Gasteiger partial charge in [0, 0.05) is 30.1 Å². The molecule has 0 bridgehead atoms. The molecule has 1 saturated heterocycles. The minimum Gasteiger partial charge on any atom is -0.453 e. The van der Waals surface area contributed by atoms with E-state index < -0.39 is 6.09 Å². The summed E-state index contributed by atoms with van der Waals surface area (Å²) in [6.07, 6.45) is 1.21. The largest absolute Gasteiger partial charge is 0.453 e. The molecule has 1 aliphatic rings. The molecule has 2 unspecified atom stereocenters. The zero-order chi connectivity index (χ0) is 24.1. The van der Waals surface area contributed by atoms with Crippen LogP contribution in [-0.2, 0) is 22.4 Å². The third-order valence-corrected chi connectivity index (χ3v) is 6.19. The fourth-order valence-corrected chi connectivity index (χ4v) is 4.37. The summed E-state index contributed by atoms with van der Waals surface area (Å²) in [6, 6.07) is 4.80. The normalized spacial score (nSPS) is 17.7. The number of anilines is 1. The van der Waals surface area contributed by atoms with Crippen molar-refractivity contribution in [3.63, 3.8) is 0 Å². The summed E-state index contributed by atoms with van der Waals surface area (Å²) < 4.78 is 4.87. The lowest BCUT2D eigenvalue weighted by atomic mass is 10.1. The summed E-state index contributed by atoms with van der Waals surface area (Å²) in [7, 11) is 1.34. The number of aryl methyl sites for hydroxylation is 2. The number of carbonyl (C=O) groups excluding carboxylic acids is 2. The first-order valence-corrected chi connectivity index (χ1v) is 11.8. The third kappa shape index (κ3) is 5.68. The van der Waals surface area contributed by atoms with Crippen molar-refractivity contribution in [2.45, 2.75) is 52.1 Å². The summed E-state index contributed by atoms with van der Waals surface area (Å²) in [5.41, 5.74) is 3.05. The van der Waals surface area contributed by atoms with Gasteiger partial charge >= 0.3 is 6.09 Å². The van der Waals surface area contributed by atoms with Gasteiger partial charge < -0.3 is 20.3 Å². The smallest absolute Gasteiger partial charge is 0.409 e. The Hall–Kier alpha value is -2.58. The standard InChI is InChI=1S/C23H29Cl2N5O3/c1-5-16-21(14-9-8-13(24)10-15(14)25)27-17(6-2)22(28-16)29-19-12-30(23(32)33-4)11-18(19)26-20(31)7-3/h8-10,18-19H,5-7,11-12H2,1-4H3,(H,26,31)(H,28,29). The molecule has 1 aromatic carbocycles. The first kappa shape index (κ1) is 25.1. The van der Waals surface area contributed by atoms with Gasteiger partial charge in [-0.25, -0.2) is 14.8 Å². The number of amides is 2. The Balaban J connectivity index is 1.95. The molecule has 2 atom stereocenters. The lowest BCUT2D eigenvalue weighted by molar-refractivity contribution is -0.121. The predicted molar refractivity (Wildman–Crippen MR) is 130 cm³/mol. The molecule has 0 aliphatic carbocycles. The number of hydrogen-bond donors (Lipinski definition) is 2. The molecule has 1 aliphatic heterocycles. The van der Waals surface area contributed by atoms with Crippen molar-refractivity contribution >= 4 is 41.0 Å². The number of likely N-dealkylation sites (tertiary alicyclic amines) is 1. The average molecular weight is 494 g/mol. The van der Waals surface area contributed by atoms with Gasteiger partial charge in [0.15, 0.2) is 0 Å². The Bertz CT molecular complexity index is 1030. The highest BCUT2D eigenvalue weighted by molar-refractivity contribution is 6.36. The minimum absolute atomic E-state index is 0.0812. The topological polar surface area (TPSA) is 96.5 Å². The number of aromatic nitrogens is 2. The van der Waals surface area contributed by atoms with E-state index in [0.29, 0.717) is 48.2 Å². The minimum atomic E-state index is -0.432. The number of rotatable bonds is 7. The second-order valence-electron chi connectivity index (χ2n) is 7.80. The fraction of sp³-hybridized carbons (Fsp3) is 0.478. The van der Waals surface area contributed by atoms with E-state index in [1.807, 2.05) is 19.9 Å². The van der Waals surface area contributed by atoms with Crippen molar-refractivity contribution in [1.82, 2.24) is 20.2 Å². The highest BCUT2D eigenvalue weighted by Gasteiger charge is 2.37. The van der Waals surface area contributed by atoms with Gasteiger partial charge in [0.2, 0.25) is 5.91 Å². The van der Waals surface area contributed by atoms with E-state index >= 15 is 0 Å². The van der Waals surface area contributed by atoms with Crippen LogP contribution in [0.15, 0.2) is 18.2 Å². The van der Waals surface area contributed by atoms with E-state index in [-0.39, 0.29) is 18.0 Å². The van der Waals surface area contributed by atoms with Gasteiger partial charge in [-0.2, -0.15) is 0 Å². The molecule has 2 amide bonds.